The van der Waals surface area contributed by atoms with Crippen molar-refractivity contribution in [3.63, 3.8) is 0 Å². The number of hydrogen-bond donors (Lipinski definition) is 4. The van der Waals surface area contributed by atoms with Crippen LogP contribution in [0.5, 0.6) is 5.75 Å². The van der Waals surface area contributed by atoms with Crippen molar-refractivity contribution in [1.82, 2.24) is 19.9 Å². The SMILES string of the molecule is C=CC(=O)Nc1cc(Nc2nccc(C3=C[SH](C)c4c[nH]cc43)n2)c(OC(F)F)cc1N(C)CCN(C)C. The smallest absolute Gasteiger partial charge is 0.387 e. The van der Waals surface area contributed by atoms with Crippen LogP contribution in [0.25, 0.3) is 5.57 Å². The lowest BCUT2D eigenvalue weighted by molar-refractivity contribution is -0.111. The number of rotatable bonds is 11. The van der Waals surface area contributed by atoms with E-state index in [1.54, 1.807) is 19.3 Å². The van der Waals surface area contributed by atoms with E-state index in [0.29, 0.717) is 30.2 Å². The highest BCUT2D eigenvalue weighted by atomic mass is 32.2. The van der Waals surface area contributed by atoms with Crippen molar-refractivity contribution >= 4 is 45.4 Å². The van der Waals surface area contributed by atoms with Gasteiger partial charge in [0.1, 0.15) is 0 Å². The van der Waals surface area contributed by atoms with Gasteiger partial charge in [-0.1, -0.05) is 6.58 Å². The van der Waals surface area contributed by atoms with Crippen molar-refractivity contribution in [2.24, 2.45) is 0 Å². The van der Waals surface area contributed by atoms with Crippen molar-refractivity contribution in [2.45, 2.75) is 11.5 Å². The molecular weight excluding hydrogens is 512 g/mol. The first-order valence-corrected chi connectivity index (χ1v) is 13.7. The maximum absolute atomic E-state index is 13.4. The fourth-order valence-electron chi connectivity index (χ4n) is 4.02. The third kappa shape index (κ3) is 6.14. The number of aromatic amines is 1. The summed E-state index contributed by atoms with van der Waals surface area (Å²) >= 11 is 0. The lowest BCUT2D eigenvalue weighted by atomic mass is 10.1. The van der Waals surface area contributed by atoms with E-state index in [-0.39, 0.29) is 17.4 Å². The first-order chi connectivity index (χ1) is 18.2. The molecule has 3 N–H and O–H groups in total. The number of carbonyl (C=O) groups is 1. The number of aromatic nitrogens is 3. The van der Waals surface area contributed by atoms with Gasteiger partial charge in [-0.05, 0) is 44.0 Å². The van der Waals surface area contributed by atoms with E-state index < -0.39 is 23.4 Å². The number of nitrogens with zero attached hydrogens (tertiary/aromatic N) is 4. The van der Waals surface area contributed by atoms with Gasteiger partial charge in [0.2, 0.25) is 11.9 Å². The lowest BCUT2D eigenvalue weighted by Crippen LogP contribution is -2.29. The van der Waals surface area contributed by atoms with Gasteiger partial charge < -0.3 is 30.2 Å². The summed E-state index contributed by atoms with van der Waals surface area (Å²) in [6.07, 6.45) is 8.84. The zero-order valence-corrected chi connectivity index (χ0v) is 22.5. The molecule has 3 heterocycles. The highest BCUT2D eigenvalue weighted by Gasteiger charge is 2.22. The minimum absolute atomic E-state index is 0.109. The van der Waals surface area contributed by atoms with Crippen LogP contribution < -0.4 is 20.3 Å². The summed E-state index contributed by atoms with van der Waals surface area (Å²) in [6, 6.07) is 4.79. The zero-order chi connectivity index (χ0) is 27.4. The number of anilines is 4. The van der Waals surface area contributed by atoms with Crippen LogP contribution in [0.4, 0.5) is 31.8 Å². The van der Waals surface area contributed by atoms with Gasteiger partial charge in [-0.25, -0.2) is 20.9 Å². The molecule has 1 amide bonds. The van der Waals surface area contributed by atoms with Crippen LogP contribution in [0, 0.1) is 0 Å². The number of H-pyrrole nitrogens is 1. The number of alkyl halides is 2. The van der Waals surface area contributed by atoms with Crippen LogP contribution in [0.2, 0.25) is 0 Å². The van der Waals surface area contributed by atoms with E-state index in [9.17, 15) is 13.6 Å². The summed E-state index contributed by atoms with van der Waals surface area (Å²) in [5, 5.41) is 7.95. The van der Waals surface area contributed by atoms with Crippen molar-refractivity contribution in [3.8, 4) is 5.75 Å². The van der Waals surface area contributed by atoms with Crippen LogP contribution in [-0.4, -0.2) is 72.9 Å². The Labute approximate surface area is 223 Å². The average Bonchev–Trinajstić information content (AvgIpc) is 3.48. The van der Waals surface area contributed by atoms with Crippen LogP contribution in [0.3, 0.4) is 0 Å². The molecule has 3 aromatic rings. The summed E-state index contributed by atoms with van der Waals surface area (Å²) in [5.41, 5.74) is 3.85. The Morgan fingerprint density at radius 1 is 1.24 bits per heavy atom. The predicted molar refractivity (Wildman–Crippen MR) is 150 cm³/mol. The third-order valence-electron chi connectivity index (χ3n) is 5.95. The summed E-state index contributed by atoms with van der Waals surface area (Å²) in [7, 11) is 5.22. The number of hydrogen-bond acceptors (Lipinski definition) is 7. The molecule has 202 valence electrons. The average molecular weight is 544 g/mol. The van der Waals surface area contributed by atoms with Gasteiger partial charge in [0.15, 0.2) is 5.75 Å². The molecule has 1 aliphatic heterocycles. The molecular formula is C26H31F2N7O2S. The number of ether oxygens (including phenoxy) is 1. The molecule has 0 spiro atoms. The van der Waals surface area contributed by atoms with Gasteiger partial charge in [-0.15, -0.1) is 0 Å². The molecule has 38 heavy (non-hydrogen) atoms. The Kier molecular flexibility index (Phi) is 8.32. The molecule has 12 heteroatoms. The van der Waals surface area contributed by atoms with Crippen LogP contribution in [-0.2, 0) is 4.79 Å². The van der Waals surface area contributed by atoms with Crippen molar-refractivity contribution in [1.29, 1.82) is 0 Å². The van der Waals surface area contributed by atoms with E-state index >= 15 is 0 Å². The largest absolute Gasteiger partial charge is 0.433 e. The fourth-order valence-corrected chi connectivity index (χ4v) is 5.66. The van der Waals surface area contributed by atoms with Gasteiger partial charge in [-0.2, -0.15) is 8.78 Å². The Balaban J connectivity index is 1.71. The quantitative estimate of drug-likeness (QED) is 0.206. The summed E-state index contributed by atoms with van der Waals surface area (Å²) < 4.78 is 31.7. The number of fused-ring (bicyclic) bond motifs is 1. The second kappa shape index (κ2) is 11.7. The number of amides is 1. The molecule has 0 bridgehead atoms. The predicted octanol–water partition coefficient (Wildman–Crippen LogP) is 4.66. The molecule has 0 saturated heterocycles. The standard InChI is InChI=1S/C26H31F2N7O2S/c1-6-24(36)31-19-11-20(22(37-25(27)28)12-21(19)35(4)10-9-34(2)3)33-26-30-8-7-18(32-26)17-15-38(5)23-14-29-13-16(17)23/h6-8,11-15,25,29,38H,1,9-10H2,2-5H3,(H,31,36)(H,30,32,33). The highest BCUT2D eigenvalue weighted by Crippen LogP contribution is 2.49. The number of halogens is 2. The minimum atomic E-state index is -3.06. The van der Waals surface area contributed by atoms with E-state index in [1.807, 2.05) is 36.3 Å². The minimum Gasteiger partial charge on any atom is -0.433 e. The Hall–Kier alpha value is -3.90. The van der Waals surface area contributed by atoms with Crippen LogP contribution in [0.1, 0.15) is 11.3 Å². The normalized spacial score (nSPS) is 15.3. The molecule has 0 saturated carbocycles. The highest BCUT2D eigenvalue weighted by molar-refractivity contribution is 8.19. The summed E-state index contributed by atoms with van der Waals surface area (Å²) in [5.74, 6) is -0.352. The number of benzene rings is 1. The van der Waals surface area contributed by atoms with Crippen molar-refractivity contribution in [2.75, 3.05) is 56.0 Å². The second-order valence-corrected chi connectivity index (χ2v) is 10.9. The van der Waals surface area contributed by atoms with Crippen LogP contribution >= 0.6 is 10.9 Å². The summed E-state index contributed by atoms with van der Waals surface area (Å²) in [4.78, 5) is 29.4. The first-order valence-electron chi connectivity index (χ1n) is 11.8. The zero-order valence-electron chi connectivity index (χ0n) is 21.6. The lowest BCUT2D eigenvalue weighted by Gasteiger charge is -2.26. The molecule has 1 unspecified atom stereocenters. The molecule has 1 aromatic carbocycles. The first kappa shape index (κ1) is 27.1. The number of likely N-dealkylation sites (N-methyl/N-ethyl adjacent to an activating group) is 2. The number of carbonyl (C=O) groups excluding carboxylic acids is 1. The van der Waals surface area contributed by atoms with Crippen molar-refractivity contribution < 1.29 is 18.3 Å². The summed E-state index contributed by atoms with van der Waals surface area (Å²) in [6.45, 7) is 1.73. The van der Waals surface area contributed by atoms with E-state index in [4.69, 9.17) is 4.74 Å². The van der Waals surface area contributed by atoms with E-state index in [2.05, 4.69) is 43.8 Å². The fraction of sp³-hybridized carbons (Fsp3) is 0.269. The number of thiol groups is 1. The third-order valence-corrected chi connectivity index (χ3v) is 7.72. The Morgan fingerprint density at radius 2 is 2.03 bits per heavy atom. The van der Waals surface area contributed by atoms with Gasteiger partial charge in [-0.3, -0.25) is 4.79 Å². The van der Waals surface area contributed by atoms with Crippen molar-refractivity contribution in [3.05, 3.63) is 66.1 Å². The van der Waals surface area contributed by atoms with Gasteiger partial charge in [0, 0.05) is 60.8 Å². The van der Waals surface area contributed by atoms with E-state index in [1.165, 1.54) is 17.0 Å². The molecule has 0 fully saturated rings. The maximum Gasteiger partial charge on any atom is 0.387 e. The second-order valence-electron chi connectivity index (χ2n) is 8.96. The molecule has 9 nitrogen and oxygen atoms in total. The van der Waals surface area contributed by atoms with Gasteiger partial charge in [0.05, 0.1) is 22.8 Å². The topological polar surface area (TPSA) is 98.4 Å². The molecule has 0 radical (unpaired) electrons. The monoisotopic (exact) mass is 543 g/mol. The number of nitrogens with one attached hydrogen (secondary N) is 3. The van der Waals surface area contributed by atoms with E-state index in [0.717, 1.165) is 17.2 Å². The Bertz CT molecular complexity index is 1360. The molecule has 4 rings (SSSR count). The van der Waals surface area contributed by atoms with Gasteiger partial charge in [0.25, 0.3) is 0 Å². The molecule has 1 atom stereocenters. The van der Waals surface area contributed by atoms with Gasteiger partial charge >= 0.3 is 6.61 Å². The Morgan fingerprint density at radius 3 is 2.74 bits per heavy atom. The molecule has 2 aromatic heterocycles. The molecule has 1 aliphatic rings. The molecule has 0 aliphatic carbocycles. The maximum atomic E-state index is 13.4. The van der Waals surface area contributed by atoms with Crippen LogP contribution in [0.15, 0.2) is 59.7 Å².